The monoisotopic (exact) mass is 342 g/mol. The fourth-order valence-electron chi connectivity index (χ4n) is 2.32. The van der Waals surface area contributed by atoms with Crippen LogP contribution >= 0.6 is 0 Å². The average Bonchev–Trinajstić information content (AvgIpc) is 3.30. The number of para-hydroxylation sites is 1. The van der Waals surface area contributed by atoms with Crippen LogP contribution in [-0.2, 0) is 11.3 Å². The first-order chi connectivity index (χ1) is 12.2. The zero-order valence-corrected chi connectivity index (χ0v) is 13.9. The molecule has 25 heavy (non-hydrogen) atoms. The number of hydrogen-bond acceptors (Lipinski definition) is 7. The summed E-state index contributed by atoms with van der Waals surface area (Å²) in [5.74, 6) is 1.51. The first-order valence-electron chi connectivity index (χ1n) is 7.61. The van der Waals surface area contributed by atoms with Crippen LogP contribution in [0.3, 0.4) is 0 Å². The number of carbonyl (C=O) groups is 1. The highest BCUT2D eigenvalue weighted by Crippen LogP contribution is 2.21. The smallest absolute Gasteiger partial charge is 0.276 e. The molecule has 1 N–H and O–H groups in total. The molecule has 2 aromatic heterocycles. The number of rotatable bonds is 7. The zero-order chi connectivity index (χ0) is 17.6. The predicted molar refractivity (Wildman–Crippen MR) is 90.5 cm³/mol. The molecule has 0 saturated carbocycles. The lowest BCUT2D eigenvalue weighted by atomic mass is 10.2. The van der Waals surface area contributed by atoms with Crippen LogP contribution in [-0.4, -0.2) is 41.5 Å². The van der Waals surface area contributed by atoms with E-state index >= 15 is 0 Å². The van der Waals surface area contributed by atoms with E-state index in [0.29, 0.717) is 24.1 Å². The lowest BCUT2D eigenvalue weighted by Gasteiger charge is -2.10. The Hall–Kier alpha value is -3.13. The molecule has 0 amide bonds. The van der Waals surface area contributed by atoms with Gasteiger partial charge in [-0.3, -0.25) is 4.79 Å². The van der Waals surface area contributed by atoms with Crippen LogP contribution in [0.4, 0.5) is 5.95 Å². The van der Waals surface area contributed by atoms with Crippen molar-refractivity contribution in [3.05, 3.63) is 48.2 Å². The van der Waals surface area contributed by atoms with Crippen LogP contribution in [0.25, 0.3) is 11.6 Å². The molecule has 0 spiro atoms. The Kier molecular flexibility index (Phi) is 5.10. The lowest BCUT2D eigenvalue weighted by Crippen LogP contribution is -2.20. The van der Waals surface area contributed by atoms with Crippen molar-refractivity contribution >= 4 is 11.9 Å². The Bertz CT molecular complexity index is 842. The van der Waals surface area contributed by atoms with Gasteiger partial charge >= 0.3 is 0 Å². The second-order valence-electron chi connectivity index (χ2n) is 5.14. The molecule has 0 aliphatic heterocycles. The van der Waals surface area contributed by atoms with Gasteiger partial charge < -0.3 is 19.2 Å². The molecule has 0 aliphatic rings. The standard InChI is InChI=1S/C17H18N4O4/c1-23-11-15(22)21-17(19-16(20-21)14-8-5-9-25-14)18-10-12-6-3-4-7-13(12)24-2/h3-9H,10-11H2,1-2H3,(H,18,19,20). The SMILES string of the molecule is COCC(=O)n1nc(-c2ccco2)nc1NCc1ccccc1OC. The van der Waals surface area contributed by atoms with E-state index in [4.69, 9.17) is 13.9 Å². The molecule has 3 rings (SSSR count). The quantitative estimate of drug-likeness (QED) is 0.705. The van der Waals surface area contributed by atoms with Crippen LogP contribution in [0, 0.1) is 0 Å². The molecule has 1 aromatic carbocycles. The maximum atomic E-state index is 12.2. The summed E-state index contributed by atoms with van der Waals surface area (Å²) in [5, 5.41) is 7.33. The van der Waals surface area contributed by atoms with E-state index < -0.39 is 0 Å². The molecular weight excluding hydrogens is 324 g/mol. The second-order valence-corrected chi connectivity index (χ2v) is 5.14. The third-order valence-electron chi connectivity index (χ3n) is 3.48. The number of nitrogens with zero attached hydrogens (tertiary/aromatic N) is 3. The van der Waals surface area contributed by atoms with Gasteiger partial charge in [0.15, 0.2) is 5.76 Å². The van der Waals surface area contributed by atoms with Crippen LogP contribution in [0.15, 0.2) is 47.1 Å². The van der Waals surface area contributed by atoms with E-state index in [2.05, 4.69) is 15.4 Å². The number of aromatic nitrogens is 3. The summed E-state index contributed by atoms with van der Waals surface area (Å²) in [6, 6.07) is 11.1. The van der Waals surface area contributed by atoms with Gasteiger partial charge in [-0.05, 0) is 18.2 Å². The van der Waals surface area contributed by atoms with Crippen LogP contribution in [0.5, 0.6) is 5.75 Å². The minimum atomic E-state index is -0.338. The van der Waals surface area contributed by atoms with Crippen molar-refractivity contribution in [2.24, 2.45) is 0 Å². The highest BCUT2D eigenvalue weighted by Gasteiger charge is 2.18. The third kappa shape index (κ3) is 3.69. The molecular formula is C17H18N4O4. The van der Waals surface area contributed by atoms with Crippen LogP contribution in [0.2, 0.25) is 0 Å². The largest absolute Gasteiger partial charge is 0.496 e. The van der Waals surface area contributed by atoms with Crippen LogP contribution in [0.1, 0.15) is 10.4 Å². The summed E-state index contributed by atoms with van der Waals surface area (Å²) >= 11 is 0. The van der Waals surface area contributed by atoms with Crippen molar-refractivity contribution in [2.45, 2.75) is 6.54 Å². The molecule has 8 nitrogen and oxygen atoms in total. The Morgan fingerprint density at radius 2 is 2.08 bits per heavy atom. The second kappa shape index (κ2) is 7.63. The van der Waals surface area contributed by atoms with Crippen LogP contribution < -0.4 is 10.1 Å². The van der Waals surface area contributed by atoms with Gasteiger partial charge in [-0.15, -0.1) is 5.10 Å². The highest BCUT2D eigenvalue weighted by atomic mass is 16.5. The topological polar surface area (TPSA) is 91.4 Å². The fraction of sp³-hybridized carbons (Fsp3) is 0.235. The van der Waals surface area contributed by atoms with Gasteiger partial charge in [0.25, 0.3) is 5.91 Å². The summed E-state index contributed by atoms with van der Waals surface area (Å²) in [5.41, 5.74) is 0.929. The molecule has 2 heterocycles. The summed E-state index contributed by atoms with van der Waals surface area (Å²) in [4.78, 5) is 16.6. The number of ether oxygens (including phenoxy) is 2. The number of methoxy groups -OCH3 is 2. The van der Waals surface area contributed by atoms with E-state index in [1.165, 1.54) is 18.1 Å². The number of nitrogens with one attached hydrogen (secondary N) is 1. The maximum absolute atomic E-state index is 12.2. The summed E-state index contributed by atoms with van der Waals surface area (Å²) in [6.45, 7) is 0.310. The number of benzene rings is 1. The van der Waals surface area contributed by atoms with E-state index in [-0.39, 0.29) is 12.5 Å². The number of carbonyl (C=O) groups excluding carboxylic acids is 1. The molecule has 0 saturated heterocycles. The van der Waals surface area contributed by atoms with Gasteiger partial charge in [-0.25, -0.2) is 0 Å². The minimum Gasteiger partial charge on any atom is -0.496 e. The Balaban J connectivity index is 1.87. The molecule has 0 unspecified atom stereocenters. The minimum absolute atomic E-state index is 0.107. The Morgan fingerprint density at radius 3 is 2.80 bits per heavy atom. The Morgan fingerprint density at radius 1 is 1.24 bits per heavy atom. The summed E-state index contributed by atoms with van der Waals surface area (Å²) in [7, 11) is 3.06. The van der Waals surface area contributed by atoms with Gasteiger partial charge in [0, 0.05) is 19.2 Å². The molecule has 0 aliphatic carbocycles. The molecule has 0 atom stereocenters. The van der Waals surface area contributed by atoms with Crippen molar-refractivity contribution in [2.75, 3.05) is 26.1 Å². The Labute approximate surface area is 144 Å². The van der Waals surface area contributed by atoms with Gasteiger partial charge in [0.1, 0.15) is 12.4 Å². The average molecular weight is 342 g/mol. The maximum Gasteiger partial charge on any atom is 0.276 e. The van der Waals surface area contributed by atoms with Crippen molar-refractivity contribution in [3.8, 4) is 17.3 Å². The van der Waals surface area contributed by atoms with Crippen molar-refractivity contribution in [1.29, 1.82) is 0 Å². The van der Waals surface area contributed by atoms with E-state index in [9.17, 15) is 4.79 Å². The van der Waals surface area contributed by atoms with E-state index in [1.54, 1.807) is 19.2 Å². The summed E-state index contributed by atoms with van der Waals surface area (Å²) < 4.78 is 16.7. The van der Waals surface area contributed by atoms with Crippen molar-refractivity contribution < 1.29 is 18.7 Å². The normalized spacial score (nSPS) is 10.6. The first kappa shape index (κ1) is 16.7. The molecule has 8 heteroatoms. The van der Waals surface area contributed by atoms with Crippen molar-refractivity contribution in [1.82, 2.24) is 14.8 Å². The number of furan rings is 1. The zero-order valence-electron chi connectivity index (χ0n) is 13.9. The molecule has 0 fully saturated rings. The predicted octanol–water partition coefficient (Wildman–Crippen LogP) is 2.45. The van der Waals surface area contributed by atoms with Gasteiger partial charge in [-0.2, -0.15) is 9.67 Å². The third-order valence-corrected chi connectivity index (χ3v) is 3.48. The number of hydrogen-bond donors (Lipinski definition) is 1. The lowest BCUT2D eigenvalue weighted by molar-refractivity contribution is 0.0748. The van der Waals surface area contributed by atoms with Crippen molar-refractivity contribution in [3.63, 3.8) is 0 Å². The van der Waals surface area contributed by atoms with E-state index in [0.717, 1.165) is 11.3 Å². The molecule has 3 aromatic rings. The molecule has 130 valence electrons. The fourth-order valence-corrected chi connectivity index (χ4v) is 2.32. The molecule has 0 radical (unpaired) electrons. The first-order valence-corrected chi connectivity index (χ1v) is 7.61. The molecule has 0 bridgehead atoms. The van der Waals surface area contributed by atoms with Gasteiger partial charge in [-0.1, -0.05) is 18.2 Å². The van der Waals surface area contributed by atoms with Gasteiger partial charge in [0.05, 0.1) is 13.4 Å². The summed E-state index contributed by atoms with van der Waals surface area (Å²) in [6.07, 6.45) is 1.52. The van der Waals surface area contributed by atoms with E-state index in [1.807, 2.05) is 24.3 Å². The highest BCUT2D eigenvalue weighted by molar-refractivity contribution is 5.82. The number of anilines is 1. The van der Waals surface area contributed by atoms with Gasteiger partial charge in [0.2, 0.25) is 11.8 Å².